The minimum Gasteiger partial charge on any atom is -0.306 e. The average molecular weight is 472 g/mol. The molecule has 1 heterocycles. The van der Waals surface area contributed by atoms with Crippen molar-refractivity contribution in [3.8, 4) is 0 Å². The molecule has 0 aliphatic rings. The van der Waals surface area contributed by atoms with Gasteiger partial charge < -0.3 is 5.32 Å². The van der Waals surface area contributed by atoms with Crippen LogP contribution in [0.3, 0.4) is 0 Å². The van der Waals surface area contributed by atoms with Gasteiger partial charge in [-0.2, -0.15) is 0 Å². The Bertz CT molecular complexity index is 768. The van der Waals surface area contributed by atoms with E-state index in [0.717, 1.165) is 11.0 Å². The highest BCUT2D eigenvalue weighted by Crippen LogP contribution is 2.36. The van der Waals surface area contributed by atoms with Gasteiger partial charge in [-0.15, -0.1) is 11.3 Å². The van der Waals surface area contributed by atoms with Gasteiger partial charge in [0.1, 0.15) is 0 Å². The predicted octanol–water partition coefficient (Wildman–Crippen LogP) is 5.97. The maximum atomic E-state index is 3.71. The first kappa shape index (κ1) is 15.5. The molecule has 21 heavy (non-hydrogen) atoms. The van der Waals surface area contributed by atoms with Crippen molar-refractivity contribution < 1.29 is 0 Å². The third-order valence-corrected chi connectivity index (χ3v) is 5.87. The summed E-state index contributed by atoms with van der Waals surface area (Å²) < 4.78 is 3.76. The van der Waals surface area contributed by atoms with Crippen molar-refractivity contribution in [3.05, 3.63) is 67.0 Å². The van der Waals surface area contributed by atoms with Crippen molar-refractivity contribution in [2.75, 3.05) is 6.54 Å². The number of halogens is 2. The molecular formula is C17H15BrINS. The van der Waals surface area contributed by atoms with Crippen LogP contribution in [0.1, 0.15) is 24.1 Å². The number of thiophene rings is 1. The van der Waals surface area contributed by atoms with Gasteiger partial charge in [0, 0.05) is 12.7 Å². The SMILES string of the molecule is CCNC(c1cc(I)ccc1Br)c1csc2ccccc12. The lowest BCUT2D eigenvalue weighted by Gasteiger charge is -2.20. The second kappa shape index (κ2) is 6.77. The van der Waals surface area contributed by atoms with Gasteiger partial charge in [-0.1, -0.05) is 41.1 Å². The van der Waals surface area contributed by atoms with E-state index >= 15 is 0 Å². The van der Waals surface area contributed by atoms with Crippen LogP contribution in [-0.2, 0) is 0 Å². The van der Waals surface area contributed by atoms with Gasteiger partial charge in [0.15, 0.2) is 0 Å². The Morgan fingerprint density at radius 2 is 2.00 bits per heavy atom. The minimum atomic E-state index is 0.218. The Kier molecular flexibility index (Phi) is 4.99. The summed E-state index contributed by atoms with van der Waals surface area (Å²) in [7, 11) is 0. The zero-order valence-electron chi connectivity index (χ0n) is 11.6. The monoisotopic (exact) mass is 471 g/mol. The fraction of sp³-hybridized carbons (Fsp3) is 0.176. The molecule has 1 nitrogen and oxygen atoms in total. The molecular weight excluding hydrogens is 457 g/mol. The van der Waals surface area contributed by atoms with Gasteiger partial charge in [0.25, 0.3) is 0 Å². The molecule has 4 heteroatoms. The first-order valence-corrected chi connectivity index (χ1v) is 9.60. The van der Waals surface area contributed by atoms with E-state index in [1.165, 1.54) is 24.8 Å². The number of rotatable bonds is 4. The molecule has 0 bridgehead atoms. The maximum absolute atomic E-state index is 3.71. The Hall–Kier alpha value is -0.430. The molecule has 0 fully saturated rings. The summed E-state index contributed by atoms with van der Waals surface area (Å²) in [6.07, 6.45) is 0. The highest BCUT2D eigenvalue weighted by molar-refractivity contribution is 14.1. The summed E-state index contributed by atoms with van der Waals surface area (Å²) in [6, 6.07) is 15.4. The smallest absolute Gasteiger partial charge is 0.0602 e. The molecule has 1 N–H and O–H groups in total. The number of benzene rings is 2. The van der Waals surface area contributed by atoms with Gasteiger partial charge in [-0.05, 0) is 75.3 Å². The fourth-order valence-electron chi connectivity index (χ4n) is 2.55. The van der Waals surface area contributed by atoms with E-state index in [1.807, 2.05) is 11.3 Å². The Labute approximate surface area is 151 Å². The summed E-state index contributed by atoms with van der Waals surface area (Å²) in [5, 5.41) is 7.26. The highest BCUT2D eigenvalue weighted by Gasteiger charge is 2.19. The summed E-state index contributed by atoms with van der Waals surface area (Å²) in [6.45, 7) is 3.09. The van der Waals surface area contributed by atoms with Gasteiger partial charge in [0.2, 0.25) is 0 Å². The van der Waals surface area contributed by atoms with Crippen LogP contribution in [0, 0.1) is 3.57 Å². The van der Waals surface area contributed by atoms with Gasteiger partial charge in [-0.25, -0.2) is 0 Å². The lowest BCUT2D eigenvalue weighted by atomic mass is 9.98. The lowest BCUT2D eigenvalue weighted by Crippen LogP contribution is -2.22. The van der Waals surface area contributed by atoms with E-state index in [4.69, 9.17) is 0 Å². The molecule has 2 aromatic carbocycles. The molecule has 0 aliphatic carbocycles. The van der Waals surface area contributed by atoms with Crippen molar-refractivity contribution in [1.82, 2.24) is 5.32 Å². The molecule has 1 aromatic heterocycles. The van der Waals surface area contributed by atoms with Gasteiger partial charge in [0.05, 0.1) is 6.04 Å². The topological polar surface area (TPSA) is 12.0 Å². The summed E-state index contributed by atoms with van der Waals surface area (Å²) in [5.74, 6) is 0. The molecule has 1 unspecified atom stereocenters. The normalized spacial score (nSPS) is 12.7. The van der Waals surface area contributed by atoms with Crippen LogP contribution in [0.25, 0.3) is 10.1 Å². The second-order valence-electron chi connectivity index (χ2n) is 4.84. The van der Waals surface area contributed by atoms with Crippen molar-refractivity contribution in [1.29, 1.82) is 0 Å². The standard InChI is InChI=1S/C17H15BrINS/c1-2-20-17(13-9-11(19)7-8-15(13)18)14-10-21-16-6-4-3-5-12(14)16/h3-10,17,20H,2H2,1H3. The lowest BCUT2D eigenvalue weighted by molar-refractivity contribution is 0.633. The van der Waals surface area contributed by atoms with E-state index in [-0.39, 0.29) is 6.04 Å². The zero-order valence-corrected chi connectivity index (χ0v) is 16.1. The Morgan fingerprint density at radius 3 is 2.81 bits per heavy atom. The fourth-order valence-corrected chi connectivity index (χ4v) is 4.53. The van der Waals surface area contributed by atoms with Gasteiger partial charge in [-0.3, -0.25) is 0 Å². The van der Waals surface area contributed by atoms with E-state index in [9.17, 15) is 0 Å². The number of fused-ring (bicyclic) bond motifs is 1. The quantitative estimate of drug-likeness (QED) is 0.462. The molecule has 0 saturated heterocycles. The van der Waals surface area contributed by atoms with Crippen molar-refractivity contribution in [2.24, 2.45) is 0 Å². The summed E-state index contributed by atoms with van der Waals surface area (Å²) in [5.41, 5.74) is 2.66. The van der Waals surface area contributed by atoms with Crippen LogP contribution in [-0.4, -0.2) is 6.54 Å². The minimum absolute atomic E-state index is 0.218. The zero-order chi connectivity index (χ0) is 14.8. The number of nitrogens with one attached hydrogen (secondary N) is 1. The van der Waals surface area contributed by atoms with E-state index in [2.05, 4.69) is 98.6 Å². The van der Waals surface area contributed by atoms with Crippen LogP contribution in [0.2, 0.25) is 0 Å². The van der Waals surface area contributed by atoms with E-state index in [1.54, 1.807) is 0 Å². The third-order valence-electron chi connectivity index (χ3n) is 3.50. The first-order chi connectivity index (χ1) is 10.2. The average Bonchev–Trinajstić information content (AvgIpc) is 2.91. The Balaban J connectivity index is 2.15. The maximum Gasteiger partial charge on any atom is 0.0602 e. The number of hydrogen-bond donors (Lipinski definition) is 1. The molecule has 0 spiro atoms. The van der Waals surface area contributed by atoms with Gasteiger partial charge >= 0.3 is 0 Å². The number of hydrogen-bond acceptors (Lipinski definition) is 2. The van der Waals surface area contributed by atoms with E-state index in [0.29, 0.717) is 0 Å². The largest absolute Gasteiger partial charge is 0.306 e. The predicted molar refractivity (Wildman–Crippen MR) is 104 cm³/mol. The highest BCUT2D eigenvalue weighted by atomic mass is 127. The summed E-state index contributed by atoms with van der Waals surface area (Å²) >= 11 is 7.90. The molecule has 108 valence electrons. The van der Waals surface area contributed by atoms with Crippen LogP contribution < -0.4 is 5.32 Å². The van der Waals surface area contributed by atoms with Crippen LogP contribution in [0.5, 0.6) is 0 Å². The van der Waals surface area contributed by atoms with Crippen LogP contribution in [0.4, 0.5) is 0 Å². The van der Waals surface area contributed by atoms with Crippen molar-refractivity contribution in [2.45, 2.75) is 13.0 Å². The molecule has 0 amide bonds. The molecule has 0 aliphatic heterocycles. The molecule has 3 rings (SSSR count). The van der Waals surface area contributed by atoms with Crippen molar-refractivity contribution in [3.63, 3.8) is 0 Å². The molecule has 0 saturated carbocycles. The first-order valence-electron chi connectivity index (χ1n) is 6.85. The molecule has 1 atom stereocenters. The van der Waals surface area contributed by atoms with Crippen molar-refractivity contribution >= 4 is 59.9 Å². The van der Waals surface area contributed by atoms with Crippen LogP contribution >= 0.6 is 49.9 Å². The van der Waals surface area contributed by atoms with Crippen LogP contribution in [0.15, 0.2) is 52.3 Å². The molecule has 0 radical (unpaired) electrons. The third kappa shape index (κ3) is 3.18. The second-order valence-corrected chi connectivity index (χ2v) is 7.85. The summed E-state index contributed by atoms with van der Waals surface area (Å²) in [4.78, 5) is 0. The Morgan fingerprint density at radius 1 is 1.19 bits per heavy atom. The molecule has 3 aromatic rings. The van der Waals surface area contributed by atoms with E-state index < -0.39 is 0 Å².